The Hall–Kier alpha value is -1.22. The van der Waals surface area contributed by atoms with Gasteiger partial charge in [0.05, 0.1) is 0 Å². The summed E-state index contributed by atoms with van der Waals surface area (Å²) in [4.78, 5) is 18.3. The Morgan fingerprint density at radius 3 is 2.62 bits per heavy atom. The summed E-state index contributed by atoms with van der Waals surface area (Å²) in [6.45, 7) is 4.75. The lowest BCUT2D eigenvalue weighted by atomic mass is 10.1. The fourth-order valence-corrected chi connectivity index (χ4v) is 1.39. The Kier molecular flexibility index (Phi) is 4.62. The van der Waals surface area contributed by atoms with Gasteiger partial charge in [-0.2, -0.15) is 0 Å². The fraction of sp³-hybridized carbons (Fsp3) is 0.538. The van der Waals surface area contributed by atoms with Crippen molar-refractivity contribution >= 4 is 5.78 Å². The Bertz CT molecular complexity index is 359. The van der Waals surface area contributed by atoms with Crippen LogP contribution in [-0.2, 0) is 6.42 Å². The molecule has 0 radical (unpaired) electrons. The first-order chi connectivity index (χ1) is 7.50. The molecule has 0 spiro atoms. The van der Waals surface area contributed by atoms with E-state index in [1.807, 2.05) is 40.1 Å². The zero-order valence-electron chi connectivity index (χ0n) is 10.5. The number of rotatable bonds is 5. The minimum absolute atomic E-state index is 0.0107. The summed E-state index contributed by atoms with van der Waals surface area (Å²) in [6, 6.07) is 5.68. The number of Topliss-reactive ketones (excluding diaryl/α,β-unsaturated/α-hetero) is 1. The second kappa shape index (κ2) is 5.75. The second-order valence-corrected chi connectivity index (χ2v) is 4.59. The maximum atomic E-state index is 11.8. The van der Waals surface area contributed by atoms with Gasteiger partial charge in [-0.15, -0.1) is 0 Å². The molecule has 0 N–H and O–H groups in total. The summed E-state index contributed by atoms with van der Waals surface area (Å²) in [5.74, 6) is 0.128. The largest absolute Gasteiger partial charge is 0.309 e. The van der Waals surface area contributed by atoms with Gasteiger partial charge in [-0.25, -0.2) is 4.98 Å². The molecule has 0 amide bonds. The van der Waals surface area contributed by atoms with Crippen molar-refractivity contribution in [2.24, 2.45) is 5.92 Å². The smallest absolute Gasteiger partial charge is 0.183 e. The molecule has 0 saturated carbocycles. The van der Waals surface area contributed by atoms with Crippen LogP contribution in [0, 0.1) is 5.92 Å². The Balaban J connectivity index is 2.75. The number of pyridine rings is 1. The van der Waals surface area contributed by atoms with Crippen molar-refractivity contribution in [2.75, 3.05) is 20.6 Å². The van der Waals surface area contributed by atoms with E-state index in [9.17, 15) is 4.79 Å². The van der Waals surface area contributed by atoms with E-state index < -0.39 is 0 Å². The average Bonchev–Trinajstić information content (AvgIpc) is 2.25. The normalized spacial score (nSPS) is 11.1. The Morgan fingerprint density at radius 1 is 1.38 bits per heavy atom. The third-order valence-corrected chi connectivity index (χ3v) is 2.40. The number of hydrogen-bond acceptors (Lipinski definition) is 3. The van der Waals surface area contributed by atoms with E-state index in [1.165, 1.54) is 0 Å². The van der Waals surface area contributed by atoms with E-state index in [0.29, 0.717) is 5.69 Å². The summed E-state index contributed by atoms with van der Waals surface area (Å²) in [6.07, 6.45) is 0.881. The molecular formula is C13H20N2O. The summed E-state index contributed by atoms with van der Waals surface area (Å²) in [5, 5.41) is 0. The number of likely N-dealkylation sites (N-methyl/N-ethyl adjacent to an activating group) is 1. The quantitative estimate of drug-likeness (QED) is 0.712. The lowest BCUT2D eigenvalue weighted by molar-refractivity contribution is 0.0934. The van der Waals surface area contributed by atoms with E-state index in [4.69, 9.17) is 0 Å². The summed E-state index contributed by atoms with van der Waals surface area (Å²) >= 11 is 0. The van der Waals surface area contributed by atoms with Gasteiger partial charge < -0.3 is 4.90 Å². The fourth-order valence-electron chi connectivity index (χ4n) is 1.39. The number of aromatic nitrogens is 1. The summed E-state index contributed by atoms with van der Waals surface area (Å²) < 4.78 is 0. The first-order valence-corrected chi connectivity index (χ1v) is 5.65. The molecule has 0 aromatic carbocycles. The third-order valence-electron chi connectivity index (χ3n) is 2.40. The molecule has 3 heteroatoms. The van der Waals surface area contributed by atoms with Crippen LogP contribution in [0.25, 0.3) is 0 Å². The SMILES string of the molecule is CC(C)C(=O)c1cccc(CCN(C)C)n1. The second-order valence-electron chi connectivity index (χ2n) is 4.59. The monoisotopic (exact) mass is 220 g/mol. The molecule has 3 nitrogen and oxygen atoms in total. The molecule has 0 aliphatic heterocycles. The molecule has 0 unspecified atom stereocenters. The van der Waals surface area contributed by atoms with Crippen LogP contribution in [0.4, 0.5) is 0 Å². The number of carbonyl (C=O) groups excluding carboxylic acids is 1. The molecule has 0 bridgehead atoms. The predicted octanol–water partition coefficient (Wildman–Crippen LogP) is 2.02. The van der Waals surface area contributed by atoms with E-state index in [1.54, 1.807) is 6.07 Å². The number of hydrogen-bond donors (Lipinski definition) is 0. The molecule has 0 saturated heterocycles. The Morgan fingerprint density at radius 2 is 2.06 bits per heavy atom. The van der Waals surface area contributed by atoms with E-state index in [0.717, 1.165) is 18.7 Å². The van der Waals surface area contributed by atoms with Gasteiger partial charge in [0.1, 0.15) is 5.69 Å². The minimum atomic E-state index is 0.0107. The highest BCUT2D eigenvalue weighted by molar-refractivity contribution is 5.95. The van der Waals surface area contributed by atoms with E-state index in [2.05, 4.69) is 9.88 Å². The van der Waals surface area contributed by atoms with Gasteiger partial charge in [0.2, 0.25) is 0 Å². The molecule has 1 aromatic heterocycles. The Labute approximate surface area is 97.5 Å². The van der Waals surface area contributed by atoms with Crippen LogP contribution in [0.1, 0.15) is 30.0 Å². The molecule has 88 valence electrons. The maximum absolute atomic E-state index is 11.8. The molecule has 16 heavy (non-hydrogen) atoms. The number of ketones is 1. The van der Waals surface area contributed by atoms with Crippen LogP contribution in [-0.4, -0.2) is 36.3 Å². The van der Waals surface area contributed by atoms with Crippen molar-refractivity contribution < 1.29 is 4.79 Å². The van der Waals surface area contributed by atoms with Crippen LogP contribution in [0.5, 0.6) is 0 Å². The van der Waals surface area contributed by atoms with Gasteiger partial charge >= 0.3 is 0 Å². The molecule has 1 rings (SSSR count). The van der Waals surface area contributed by atoms with Crippen molar-refractivity contribution in [1.82, 2.24) is 9.88 Å². The molecule has 0 aliphatic carbocycles. The van der Waals surface area contributed by atoms with Gasteiger partial charge in [-0.1, -0.05) is 19.9 Å². The minimum Gasteiger partial charge on any atom is -0.309 e. The lowest BCUT2D eigenvalue weighted by Crippen LogP contribution is -2.16. The van der Waals surface area contributed by atoms with Crippen molar-refractivity contribution in [3.8, 4) is 0 Å². The molecule has 1 heterocycles. The molecule has 0 fully saturated rings. The van der Waals surface area contributed by atoms with Gasteiger partial charge in [0, 0.05) is 24.6 Å². The highest BCUT2D eigenvalue weighted by Gasteiger charge is 2.11. The van der Waals surface area contributed by atoms with Crippen molar-refractivity contribution in [1.29, 1.82) is 0 Å². The van der Waals surface area contributed by atoms with Crippen LogP contribution in [0.2, 0.25) is 0 Å². The molecular weight excluding hydrogens is 200 g/mol. The van der Waals surface area contributed by atoms with Crippen LogP contribution >= 0.6 is 0 Å². The van der Waals surface area contributed by atoms with E-state index in [-0.39, 0.29) is 11.7 Å². The van der Waals surface area contributed by atoms with Crippen molar-refractivity contribution in [3.63, 3.8) is 0 Å². The number of carbonyl (C=O) groups is 1. The van der Waals surface area contributed by atoms with Crippen LogP contribution in [0.15, 0.2) is 18.2 Å². The van der Waals surface area contributed by atoms with Gasteiger partial charge in [-0.3, -0.25) is 4.79 Å². The third kappa shape index (κ3) is 3.74. The molecule has 1 aromatic rings. The van der Waals surface area contributed by atoms with Crippen molar-refractivity contribution in [3.05, 3.63) is 29.6 Å². The van der Waals surface area contributed by atoms with Crippen LogP contribution in [0.3, 0.4) is 0 Å². The highest BCUT2D eigenvalue weighted by atomic mass is 16.1. The highest BCUT2D eigenvalue weighted by Crippen LogP contribution is 2.07. The topological polar surface area (TPSA) is 33.2 Å². The van der Waals surface area contributed by atoms with Crippen molar-refractivity contribution in [2.45, 2.75) is 20.3 Å². The summed E-state index contributed by atoms with van der Waals surface area (Å²) in [7, 11) is 4.06. The lowest BCUT2D eigenvalue weighted by Gasteiger charge is -2.09. The standard InChI is InChI=1S/C13H20N2O/c1-10(2)13(16)12-7-5-6-11(14-12)8-9-15(3)4/h5-7,10H,8-9H2,1-4H3. The van der Waals surface area contributed by atoms with E-state index >= 15 is 0 Å². The van der Waals surface area contributed by atoms with Gasteiger partial charge in [-0.05, 0) is 26.2 Å². The summed E-state index contributed by atoms with van der Waals surface area (Å²) in [5.41, 5.74) is 1.58. The van der Waals surface area contributed by atoms with Crippen LogP contribution < -0.4 is 0 Å². The molecule has 0 atom stereocenters. The zero-order valence-corrected chi connectivity index (χ0v) is 10.5. The number of nitrogens with zero attached hydrogens (tertiary/aromatic N) is 2. The first-order valence-electron chi connectivity index (χ1n) is 5.65. The average molecular weight is 220 g/mol. The maximum Gasteiger partial charge on any atom is 0.183 e. The van der Waals surface area contributed by atoms with Gasteiger partial charge in [0.25, 0.3) is 0 Å². The predicted molar refractivity (Wildman–Crippen MR) is 65.7 cm³/mol. The molecule has 0 aliphatic rings. The zero-order chi connectivity index (χ0) is 12.1. The first kappa shape index (κ1) is 12.8. The van der Waals surface area contributed by atoms with Gasteiger partial charge in [0.15, 0.2) is 5.78 Å².